The van der Waals surface area contributed by atoms with Gasteiger partial charge < -0.3 is 9.64 Å². The van der Waals surface area contributed by atoms with Gasteiger partial charge in [-0.2, -0.15) is 0 Å². The van der Waals surface area contributed by atoms with E-state index in [1.807, 2.05) is 0 Å². The fourth-order valence-electron chi connectivity index (χ4n) is 2.38. The molecule has 28 heavy (non-hydrogen) atoms. The summed E-state index contributed by atoms with van der Waals surface area (Å²) in [5.41, 5.74) is 0.105. The number of sulfonamides is 1. The molecule has 1 amide bonds. The van der Waals surface area contributed by atoms with Crippen LogP contribution in [0.15, 0.2) is 47.4 Å². The van der Waals surface area contributed by atoms with Crippen molar-refractivity contribution >= 4 is 27.6 Å². The minimum Gasteiger partial charge on any atom is -0.449 e. The SMILES string of the molecule is Cc1cc(S(=O)(=O)Nc2ccccc2C(=O)O[C@H](C)C(=O)N(C)C)ccc1F. The minimum absolute atomic E-state index is 0.0148. The zero-order chi connectivity index (χ0) is 21.1. The summed E-state index contributed by atoms with van der Waals surface area (Å²) in [7, 11) is -1.01. The smallest absolute Gasteiger partial charge is 0.341 e. The number of hydrogen-bond donors (Lipinski definition) is 1. The second-order valence-electron chi connectivity index (χ2n) is 6.34. The highest BCUT2D eigenvalue weighted by molar-refractivity contribution is 7.92. The topological polar surface area (TPSA) is 92.8 Å². The van der Waals surface area contributed by atoms with Crippen LogP contribution in [0.5, 0.6) is 0 Å². The average Bonchev–Trinajstić information content (AvgIpc) is 2.63. The van der Waals surface area contributed by atoms with Gasteiger partial charge >= 0.3 is 5.97 Å². The molecule has 7 nitrogen and oxygen atoms in total. The second kappa shape index (κ2) is 8.39. The van der Waals surface area contributed by atoms with Gasteiger partial charge in [0.1, 0.15) is 5.82 Å². The van der Waals surface area contributed by atoms with E-state index in [0.29, 0.717) is 0 Å². The van der Waals surface area contributed by atoms with Gasteiger partial charge in [0.05, 0.1) is 16.1 Å². The molecule has 150 valence electrons. The first-order valence-corrected chi connectivity index (χ1v) is 9.81. The van der Waals surface area contributed by atoms with Crippen LogP contribution >= 0.6 is 0 Å². The molecule has 0 fully saturated rings. The van der Waals surface area contributed by atoms with Crippen LogP contribution in [0.3, 0.4) is 0 Å². The Morgan fingerprint density at radius 2 is 1.79 bits per heavy atom. The zero-order valence-electron chi connectivity index (χ0n) is 15.9. The fraction of sp³-hybridized carbons (Fsp3) is 0.263. The number of likely N-dealkylation sites (N-methyl/N-ethyl adjacent to an activating group) is 1. The Morgan fingerprint density at radius 3 is 2.39 bits per heavy atom. The van der Waals surface area contributed by atoms with Gasteiger partial charge in [0.2, 0.25) is 0 Å². The Kier molecular flexibility index (Phi) is 6.40. The third-order valence-electron chi connectivity index (χ3n) is 3.90. The number of nitrogens with zero attached hydrogens (tertiary/aromatic N) is 1. The van der Waals surface area contributed by atoms with Gasteiger partial charge in [-0.3, -0.25) is 9.52 Å². The van der Waals surface area contributed by atoms with Gasteiger partial charge in [-0.05, 0) is 49.7 Å². The molecule has 0 heterocycles. The zero-order valence-corrected chi connectivity index (χ0v) is 16.7. The summed E-state index contributed by atoms with van der Waals surface area (Å²) < 4.78 is 46.1. The maximum Gasteiger partial charge on any atom is 0.341 e. The van der Waals surface area contributed by atoms with Crippen LogP contribution in [-0.4, -0.2) is 45.4 Å². The second-order valence-corrected chi connectivity index (χ2v) is 8.02. The third-order valence-corrected chi connectivity index (χ3v) is 5.27. The maximum atomic E-state index is 13.4. The van der Waals surface area contributed by atoms with Gasteiger partial charge in [0, 0.05) is 14.1 Å². The largest absolute Gasteiger partial charge is 0.449 e. The highest BCUT2D eigenvalue weighted by atomic mass is 32.2. The number of hydrogen-bond acceptors (Lipinski definition) is 5. The summed E-state index contributed by atoms with van der Waals surface area (Å²) in [6, 6.07) is 9.22. The monoisotopic (exact) mass is 408 g/mol. The average molecular weight is 408 g/mol. The molecule has 2 aromatic carbocycles. The van der Waals surface area contributed by atoms with Crippen LogP contribution in [0.25, 0.3) is 0 Å². The molecule has 0 aliphatic rings. The number of aryl methyl sites for hydroxylation is 1. The van der Waals surface area contributed by atoms with E-state index in [4.69, 9.17) is 4.74 Å². The summed E-state index contributed by atoms with van der Waals surface area (Å²) in [5.74, 6) is -1.79. The van der Waals surface area contributed by atoms with Gasteiger partial charge in [0.25, 0.3) is 15.9 Å². The van der Waals surface area contributed by atoms with Crippen molar-refractivity contribution in [2.45, 2.75) is 24.8 Å². The number of carbonyl (C=O) groups is 2. The summed E-state index contributed by atoms with van der Waals surface area (Å²) >= 11 is 0. The molecule has 0 radical (unpaired) electrons. The Morgan fingerprint density at radius 1 is 1.14 bits per heavy atom. The Bertz CT molecular complexity index is 1010. The molecule has 0 saturated heterocycles. The lowest BCUT2D eigenvalue weighted by molar-refractivity contribution is -0.137. The van der Waals surface area contributed by atoms with E-state index in [0.717, 1.165) is 12.1 Å². The first-order valence-electron chi connectivity index (χ1n) is 8.33. The number of para-hydroxylation sites is 1. The van der Waals surface area contributed by atoms with E-state index >= 15 is 0 Å². The normalized spacial score (nSPS) is 12.2. The quantitative estimate of drug-likeness (QED) is 0.742. The molecule has 0 bridgehead atoms. The number of carbonyl (C=O) groups excluding carboxylic acids is 2. The summed E-state index contributed by atoms with van der Waals surface area (Å²) in [6.07, 6.45) is -1.04. The standard InChI is InChI=1S/C19H21FN2O5S/c1-12-11-14(9-10-16(12)20)28(25,26)21-17-8-6-5-7-15(17)19(24)27-13(2)18(23)22(3)4/h5-11,13,21H,1-4H3/t13-/m1/s1. The van der Waals surface area contributed by atoms with E-state index in [1.165, 1.54) is 57.1 Å². The lowest BCUT2D eigenvalue weighted by atomic mass is 10.2. The van der Waals surface area contributed by atoms with Gasteiger partial charge in [0.15, 0.2) is 6.10 Å². The van der Waals surface area contributed by atoms with Crippen LogP contribution in [0.4, 0.5) is 10.1 Å². The summed E-state index contributed by atoms with van der Waals surface area (Å²) in [4.78, 5) is 25.5. The highest BCUT2D eigenvalue weighted by Crippen LogP contribution is 2.22. The molecule has 0 spiro atoms. The maximum absolute atomic E-state index is 13.4. The third kappa shape index (κ3) is 4.86. The predicted octanol–water partition coefficient (Wildman–Crippen LogP) is 2.57. The first-order chi connectivity index (χ1) is 13.0. The number of amides is 1. The van der Waals surface area contributed by atoms with Crippen LogP contribution < -0.4 is 4.72 Å². The van der Waals surface area contributed by atoms with Crippen molar-refractivity contribution in [3.8, 4) is 0 Å². The van der Waals surface area contributed by atoms with Crippen LogP contribution in [0, 0.1) is 12.7 Å². The number of ether oxygens (including phenoxy) is 1. The first kappa shape index (κ1) is 21.4. The van der Waals surface area contributed by atoms with E-state index < -0.39 is 33.8 Å². The molecule has 1 atom stereocenters. The molecule has 0 aliphatic carbocycles. The summed E-state index contributed by atoms with van der Waals surface area (Å²) in [6.45, 7) is 2.87. The van der Waals surface area contributed by atoms with Crippen molar-refractivity contribution in [3.05, 3.63) is 59.4 Å². The van der Waals surface area contributed by atoms with Gasteiger partial charge in [-0.25, -0.2) is 17.6 Å². The van der Waals surface area contributed by atoms with E-state index in [9.17, 15) is 22.4 Å². The molecule has 0 unspecified atom stereocenters. The highest BCUT2D eigenvalue weighted by Gasteiger charge is 2.24. The van der Waals surface area contributed by atoms with Crippen molar-refractivity contribution in [1.29, 1.82) is 0 Å². The number of anilines is 1. The molecular formula is C19H21FN2O5S. The number of nitrogens with one attached hydrogen (secondary N) is 1. The molecule has 0 aliphatic heterocycles. The van der Waals surface area contributed by atoms with Crippen LogP contribution in [0.2, 0.25) is 0 Å². The Hall–Kier alpha value is -2.94. The van der Waals surface area contributed by atoms with Gasteiger partial charge in [-0.1, -0.05) is 12.1 Å². The number of rotatable bonds is 6. The van der Waals surface area contributed by atoms with Crippen molar-refractivity contribution in [2.75, 3.05) is 18.8 Å². The van der Waals surface area contributed by atoms with E-state index in [2.05, 4.69) is 4.72 Å². The van der Waals surface area contributed by atoms with Crippen molar-refractivity contribution in [2.24, 2.45) is 0 Å². The van der Waals surface area contributed by atoms with E-state index in [1.54, 1.807) is 6.07 Å². The number of esters is 1. The number of halogens is 1. The van der Waals surface area contributed by atoms with E-state index in [-0.39, 0.29) is 21.7 Å². The molecule has 0 aromatic heterocycles. The van der Waals surface area contributed by atoms with Crippen molar-refractivity contribution < 1.29 is 27.1 Å². The predicted molar refractivity (Wildman–Crippen MR) is 102 cm³/mol. The molecule has 1 N–H and O–H groups in total. The Balaban J connectivity index is 2.29. The van der Waals surface area contributed by atoms with Gasteiger partial charge in [-0.15, -0.1) is 0 Å². The molecule has 2 aromatic rings. The Labute approximate surface area is 163 Å². The summed E-state index contributed by atoms with van der Waals surface area (Å²) in [5, 5.41) is 0. The molecule has 2 rings (SSSR count). The minimum atomic E-state index is -4.07. The van der Waals surface area contributed by atoms with Crippen molar-refractivity contribution in [1.82, 2.24) is 4.90 Å². The molecule has 0 saturated carbocycles. The van der Waals surface area contributed by atoms with Crippen LogP contribution in [0.1, 0.15) is 22.8 Å². The molecular weight excluding hydrogens is 387 g/mol. The van der Waals surface area contributed by atoms with Crippen molar-refractivity contribution in [3.63, 3.8) is 0 Å². The van der Waals surface area contributed by atoms with Crippen LogP contribution in [-0.2, 0) is 19.6 Å². The molecule has 9 heteroatoms. The number of benzene rings is 2. The lowest BCUT2D eigenvalue weighted by Gasteiger charge is -2.18. The lowest BCUT2D eigenvalue weighted by Crippen LogP contribution is -2.35. The fourth-order valence-corrected chi connectivity index (χ4v) is 3.54.